The summed E-state index contributed by atoms with van der Waals surface area (Å²) < 4.78 is 12.9. The summed E-state index contributed by atoms with van der Waals surface area (Å²) in [6.07, 6.45) is 5.00. The highest BCUT2D eigenvalue weighted by atomic mass is 79.9. The predicted molar refractivity (Wildman–Crippen MR) is 117 cm³/mol. The van der Waals surface area contributed by atoms with E-state index in [2.05, 4.69) is 58.9 Å². The molecule has 0 saturated carbocycles. The molecule has 0 fully saturated rings. The number of fused-ring (bicyclic) bond motifs is 1. The number of hydrogen-bond acceptors (Lipinski definition) is 2. The topological polar surface area (TPSA) is 18.5 Å². The standard InChI is InChI=1S/C25H23BrO2/c1-2-12-27-24-16-25(28-17-18-6-4-3-5-7-18)23(26)15-22(24)14-19-8-9-20-10-11-21(20)13-19/h2-9,13,15-16H,1,10-12,14,17H2. The van der Waals surface area contributed by atoms with Crippen molar-refractivity contribution in [3.05, 3.63) is 106 Å². The van der Waals surface area contributed by atoms with Gasteiger partial charge in [-0.2, -0.15) is 0 Å². The van der Waals surface area contributed by atoms with Crippen LogP contribution in [0.25, 0.3) is 0 Å². The molecule has 2 nitrogen and oxygen atoms in total. The zero-order valence-electron chi connectivity index (χ0n) is 15.8. The van der Waals surface area contributed by atoms with E-state index >= 15 is 0 Å². The van der Waals surface area contributed by atoms with E-state index in [9.17, 15) is 0 Å². The summed E-state index contributed by atoms with van der Waals surface area (Å²) in [5.41, 5.74) is 6.55. The average Bonchev–Trinajstić information content (AvgIpc) is 2.69. The molecule has 0 radical (unpaired) electrons. The van der Waals surface area contributed by atoms with Gasteiger partial charge in [-0.3, -0.25) is 0 Å². The van der Waals surface area contributed by atoms with Crippen LogP contribution < -0.4 is 9.47 Å². The van der Waals surface area contributed by atoms with Crippen LogP contribution in [0.2, 0.25) is 0 Å². The minimum absolute atomic E-state index is 0.469. The van der Waals surface area contributed by atoms with Crippen LogP contribution in [0, 0.1) is 0 Å². The van der Waals surface area contributed by atoms with Crippen LogP contribution in [0.15, 0.2) is 77.8 Å². The molecule has 4 rings (SSSR count). The van der Waals surface area contributed by atoms with Crippen molar-refractivity contribution in [1.29, 1.82) is 0 Å². The average molecular weight is 435 g/mol. The third-order valence-electron chi connectivity index (χ3n) is 5.04. The summed E-state index contributed by atoms with van der Waals surface area (Å²) in [5.74, 6) is 1.62. The van der Waals surface area contributed by atoms with Crippen LogP contribution in [-0.2, 0) is 25.9 Å². The Balaban J connectivity index is 1.57. The molecule has 0 heterocycles. The number of hydrogen-bond donors (Lipinski definition) is 0. The maximum atomic E-state index is 6.04. The van der Waals surface area contributed by atoms with Crippen LogP contribution in [0.3, 0.4) is 0 Å². The summed E-state index contributed by atoms with van der Waals surface area (Å²) in [6, 6.07) is 21.0. The number of benzene rings is 3. The molecule has 0 unspecified atom stereocenters. The van der Waals surface area contributed by atoms with Gasteiger partial charge in [0.05, 0.1) is 4.47 Å². The molecule has 28 heavy (non-hydrogen) atoms. The van der Waals surface area contributed by atoms with Gasteiger partial charge in [0.2, 0.25) is 0 Å². The Bertz CT molecular complexity index is 979. The molecule has 3 aromatic carbocycles. The van der Waals surface area contributed by atoms with Gasteiger partial charge in [0, 0.05) is 12.5 Å². The lowest BCUT2D eigenvalue weighted by Crippen LogP contribution is -2.08. The maximum Gasteiger partial charge on any atom is 0.137 e. The first kappa shape index (κ1) is 18.8. The van der Waals surface area contributed by atoms with Gasteiger partial charge in [0.1, 0.15) is 24.7 Å². The minimum Gasteiger partial charge on any atom is -0.489 e. The lowest BCUT2D eigenvalue weighted by Gasteiger charge is -2.20. The Hall–Kier alpha value is -2.52. The quantitative estimate of drug-likeness (QED) is 0.388. The van der Waals surface area contributed by atoms with Gasteiger partial charge in [-0.05, 0) is 62.7 Å². The van der Waals surface area contributed by atoms with Crippen molar-refractivity contribution in [3.8, 4) is 11.5 Å². The molecule has 3 aromatic rings. The summed E-state index contributed by atoms with van der Waals surface area (Å²) in [6.45, 7) is 4.76. The van der Waals surface area contributed by atoms with Crippen molar-refractivity contribution in [2.24, 2.45) is 0 Å². The highest BCUT2D eigenvalue weighted by Crippen LogP contribution is 2.35. The summed E-state index contributed by atoms with van der Waals surface area (Å²) >= 11 is 3.67. The van der Waals surface area contributed by atoms with Gasteiger partial charge in [-0.15, -0.1) is 0 Å². The molecule has 1 aliphatic rings. The first-order chi connectivity index (χ1) is 13.7. The predicted octanol–water partition coefficient (Wildman–Crippen LogP) is 6.28. The smallest absolute Gasteiger partial charge is 0.137 e. The molecule has 0 bridgehead atoms. The fourth-order valence-corrected chi connectivity index (χ4v) is 3.93. The van der Waals surface area contributed by atoms with Gasteiger partial charge in [0.25, 0.3) is 0 Å². The second kappa shape index (κ2) is 8.66. The zero-order chi connectivity index (χ0) is 19.3. The van der Waals surface area contributed by atoms with Crippen LogP contribution in [0.5, 0.6) is 11.5 Å². The Morgan fingerprint density at radius 2 is 1.68 bits per heavy atom. The van der Waals surface area contributed by atoms with E-state index in [1.807, 2.05) is 24.3 Å². The van der Waals surface area contributed by atoms with Crippen LogP contribution >= 0.6 is 15.9 Å². The number of aryl methyl sites for hydroxylation is 2. The van der Waals surface area contributed by atoms with Gasteiger partial charge in [-0.25, -0.2) is 0 Å². The molecule has 0 amide bonds. The Morgan fingerprint density at radius 1 is 0.857 bits per heavy atom. The molecule has 0 atom stereocenters. The number of ether oxygens (including phenoxy) is 2. The number of halogens is 1. The van der Waals surface area contributed by atoms with E-state index in [0.29, 0.717) is 13.2 Å². The lowest BCUT2D eigenvalue weighted by atomic mass is 9.86. The third kappa shape index (κ3) is 4.31. The van der Waals surface area contributed by atoms with E-state index in [1.165, 1.54) is 29.5 Å². The number of rotatable bonds is 8. The fourth-order valence-electron chi connectivity index (χ4n) is 3.42. The second-order valence-electron chi connectivity index (χ2n) is 7.04. The SMILES string of the molecule is C=CCOc1cc(OCc2ccccc2)c(Br)cc1Cc1ccc2c(c1)CC2. The highest BCUT2D eigenvalue weighted by Gasteiger charge is 2.15. The second-order valence-corrected chi connectivity index (χ2v) is 7.90. The molecule has 0 aromatic heterocycles. The molecule has 0 aliphatic heterocycles. The van der Waals surface area contributed by atoms with Crippen LogP contribution in [-0.4, -0.2) is 6.61 Å². The van der Waals surface area contributed by atoms with Crippen molar-refractivity contribution in [2.75, 3.05) is 6.61 Å². The molecule has 0 spiro atoms. The summed E-state index contributed by atoms with van der Waals surface area (Å²) in [4.78, 5) is 0. The monoisotopic (exact) mass is 434 g/mol. The van der Waals surface area contributed by atoms with E-state index < -0.39 is 0 Å². The highest BCUT2D eigenvalue weighted by molar-refractivity contribution is 9.10. The molecular formula is C25H23BrO2. The fraction of sp³-hybridized carbons (Fsp3) is 0.200. The van der Waals surface area contributed by atoms with Gasteiger partial charge in [-0.1, -0.05) is 61.2 Å². The lowest BCUT2D eigenvalue weighted by molar-refractivity contribution is 0.299. The summed E-state index contributed by atoms with van der Waals surface area (Å²) in [7, 11) is 0. The van der Waals surface area contributed by atoms with E-state index in [0.717, 1.165) is 33.5 Å². The van der Waals surface area contributed by atoms with Crippen LogP contribution in [0.4, 0.5) is 0 Å². The Kier molecular flexibility index (Phi) is 5.82. The van der Waals surface area contributed by atoms with Crippen molar-refractivity contribution in [2.45, 2.75) is 25.9 Å². The minimum atomic E-state index is 0.469. The summed E-state index contributed by atoms with van der Waals surface area (Å²) in [5, 5.41) is 0. The molecule has 3 heteroatoms. The molecular weight excluding hydrogens is 412 g/mol. The first-order valence-electron chi connectivity index (χ1n) is 9.56. The maximum absolute atomic E-state index is 6.04. The first-order valence-corrected chi connectivity index (χ1v) is 10.4. The Labute approximate surface area is 174 Å². The van der Waals surface area contributed by atoms with E-state index in [1.54, 1.807) is 6.08 Å². The van der Waals surface area contributed by atoms with Crippen molar-refractivity contribution in [1.82, 2.24) is 0 Å². The molecule has 1 aliphatic carbocycles. The van der Waals surface area contributed by atoms with Crippen LogP contribution in [0.1, 0.15) is 27.8 Å². The van der Waals surface area contributed by atoms with Gasteiger partial charge >= 0.3 is 0 Å². The molecule has 0 saturated heterocycles. The van der Waals surface area contributed by atoms with Crippen molar-refractivity contribution >= 4 is 15.9 Å². The van der Waals surface area contributed by atoms with Gasteiger partial charge < -0.3 is 9.47 Å². The van der Waals surface area contributed by atoms with Crippen molar-refractivity contribution < 1.29 is 9.47 Å². The van der Waals surface area contributed by atoms with E-state index in [-0.39, 0.29) is 0 Å². The largest absolute Gasteiger partial charge is 0.489 e. The molecule has 142 valence electrons. The Morgan fingerprint density at radius 3 is 2.39 bits per heavy atom. The van der Waals surface area contributed by atoms with Crippen molar-refractivity contribution in [3.63, 3.8) is 0 Å². The molecule has 0 N–H and O–H groups in total. The normalized spacial score (nSPS) is 12.0. The van der Waals surface area contributed by atoms with Gasteiger partial charge in [0.15, 0.2) is 0 Å². The third-order valence-corrected chi connectivity index (χ3v) is 5.66. The zero-order valence-corrected chi connectivity index (χ0v) is 17.4. The van der Waals surface area contributed by atoms with E-state index in [4.69, 9.17) is 9.47 Å².